The van der Waals surface area contributed by atoms with Crippen LogP contribution in [0.4, 0.5) is 21.7 Å². The van der Waals surface area contributed by atoms with Gasteiger partial charge in [-0.25, -0.2) is 9.37 Å². The maximum absolute atomic E-state index is 13.6. The van der Waals surface area contributed by atoms with Crippen LogP contribution in [0.5, 0.6) is 0 Å². The van der Waals surface area contributed by atoms with Crippen molar-refractivity contribution < 1.29 is 4.39 Å². The molecule has 1 heterocycles. The number of aromatic nitrogens is 1. The minimum absolute atomic E-state index is 0.109. The normalized spacial score (nSPS) is 10.4. The van der Waals surface area contributed by atoms with Gasteiger partial charge < -0.3 is 11.1 Å². The molecule has 0 fully saturated rings. The molecular weight excluding hydrogens is 299 g/mol. The highest BCUT2D eigenvalue weighted by Gasteiger charge is 2.10. The Balaban J connectivity index is 2.37. The van der Waals surface area contributed by atoms with Gasteiger partial charge in [0, 0.05) is 5.02 Å². The number of hydrogen-bond acceptors (Lipinski definition) is 3. The Hall–Kier alpha value is -1.23. The summed E-state index contributed by atoms with van der Waals surface area (Å²) in [5.74, 6) is -0.188. The predicted octanol–water partition coefficient (Wildman–Crippen LogP) is 4.51. The molecule has 18 heavy (non-hydrogen) atoms. The Bertz CT molecular complexity index is 604. The summed E-state index contributed by atoms with van der Waals surface area (Å²) in [6.45, 7) is 0. The maximum atomic E-state index is 13.6. The molecule has 94 valence electrons. The van der Waals surface area contributed by atoms with Crippen molar-refractivity contribution in [2.75, 3.05) is 11.1 Å². The second-order valence-corrected chi connectivity index (χ2v) is 4.69. The number of nitrogens with two attached hydrogens (primary N) is 1. The molecule has 0 bridgehead atoms. The molecule has 0 aliphatic heterocycles. The molecule has 3 nitrogen and oxygen atoms in total. The molecule has 0 saturated heterocycles. The Kier molecular flexibility index (Phi) is 3.80. The van der Waals surface area contributed by atoms with Gasteiger partial charge in [-0.05, 0) is 24.3 Å². The Morgan fingerprint density at radius 2 is 1.83 bits per heavy atom. The number of nitrogen functional groups attached to an aromatic ring is 1. The standard InChI is InChI=1S/C11H7Cl3FN3/c12-5-1-2-9(8(15)3-5)17-11-7(14)4-6(13)10(16)18-11/h1-4H,(H3,16,17,18). The highest BCUT2D eigenvalue weighted by atomic mass is 35.5. The first-order chi connectivity index (χ1) is 8.47. The highest BCUT2D eigenvalue weighted by molar-refractivity contribution is 6.37. The molecule has 0 aliphatic carbocycles. The zero-order valence-electron chi connectivity index (χ0n) is 8.85. The van der Waals surface area contributed by atoms with Gasteiger partial charge in [-0.2, -0.15) is 0 Å². The first kappa shape index (κ1) is 13.2. The Morgan fingerprint density at radius 3 is 2.50 bits per heavy atom. The van der Waals surface area contributed by atoms with Gasteiger partial charge in [0.2, 0.25) is 0 Å². The molecule has 3 N–H and O–H groups in total. The average Bonchev–Trinajstić information content (AvgIpc) is 2.29. The van der Waals surface area contributed by atoms with Crippen molar-refractivity contribution in [3.05, 3.63) is 45.2 Å². The third-order valence-electron chi connectivity index (χ3n) is 2.14. The zero-order chi connectivity index (χ0) is 13.3. The molecule has 1 aromatic heterocycles. The van der Waals surface area contributed by atoms with Gasteiger partial charge in [0.15, 0.2) is 5.82 Å². The fourth-order valence-electron chi connectivity index (χ4n) is 1.29. The van der Waals surface area contributed by atoms with Crippen molar-refractivity contribution in [1.29, 1.82) is 0 Å². The van der Waals surface area contributed by atoms with Crippen LogP contribution in [0.1, 0.15) is 0 Å². The SMILES string of the molecule is Nc1nc(Nc2ccc(Cl)cc2F)c(Cl)cc1Cl. The first-order valence-electron chi connectivity index (χ1n) is 4.81. The number of nitrogens with one attached hydrogen (secondary N) is 1. The molecule has 0 aliphatic rings. The molecular formula is C11H7Cl3FN3. The summed E-state index contributed by atoms with van der Waals surface area (Å²) in [5, 5.41) is 3.50. The molecule has 0 atom stereocenters. The summed E-state index contributed by atoms with van der Waals surface area (Å²) in [6.07, 6.45) is 0. The van der Waals surface area contributed by atoms with E-state index in [1.165, 1.54) is 18.2 Å². The number of rotatable bonds is 2. The summed E-state index contributed by atoms with van der Waals surface area (Å²) in [4.78, 5) is 3.93. The van der Waals surface area contributed by atoms with Crippen LogP contribution < -0.4 is 11.1 Å². The number of nitrogens with zero attached hydrogens (tertiary/aromatic N) is 1. The van der Waals surface area contributed by atoms with E-state index in [4.69, 9.17) is 40.5 Å². The van der Waals surface area contributed by atoms with Crippen molar-refractivity contribution >= 4 is 52.1 Å². The fourth-order valence-corrected chi connectivity index (χ4v) is 1.85. The maximum Gasteiger partial charge on any atom is 0.151 e. The van der Waals surface area contributed by atoms with Crippen LogP contribution in [0.15, 0.2) is 24.3 Å². The minimum Gasteiger partial charge on any atom is -0.382 e. The van der Waals surface area contributed by atoms with Crippen molar-refractivity contribution in [2.45, 2.75) is 0 Å². The second kappa shape index (κ2) is 5.18. The molecule has 2 aromatic rings. The van der Waals surface area contributed by atoms with Crippen LogP contribution in [-0.4, -0.2) is 4.98 Å². The van der Waals surface area contributed by atoms with E-state index < -0.39 is 5.82 Å². The monoisotopic (exact) mass is 305 g/mol. The smallest absolute Gasteiger partial charge is 0.151 e. The number of anilines is 3. The van der Waals surface area contributed by atoms with E-state index in [2.05, 4.69) is 10.3 Å². The number of hydrogen-bond donors (Lipinski definition) is 2. The minimum atomic E-state index is -0.520. The van der Waals surface area contributed by atoms with E-state index in [9.17, 15) is 4.39 Å². The lowest BCUT2D eigenvalue weighted by atomic mass is 10.3. The van der Waals surface area contributed by atoms with Crippen LogP contribution in [0.3, 0.4) is 0 Å². The van der Waals surface area contributed by atoms with E-state index in [1.807, 2.05) is 0 Å². The number of halogens is 4. The molecule has 0 saturated carbocycles. The Morgan fingerprint density at radius 1 is 1.11 bits per heavy atom. The average molecular weight is 307 g/mol. The van der Waals surface area contributed by atoms with Crippen LogP contribution in [0, 0.1) is 5.82 Å². The second-order valence-electron chi connectivity index (χ2n) is 3.44. The van der Waals surface area contributed by atoms with Gasteiger partial charge in [0.05, 0.1) is 15.7 Å². The van der Waals surface area contributed by atoms with Crippen LogP contribution in [0.25, 0.3) is 0 Å². The van der Waals surface area contributed by atoms with Crippen LogP contribution in [0.2, 0.25) is 15.1 Å². The van der Waals surface area contributed by atoms with Crippen molar-refractivity contribution in [3.63, 3.8) is 0 Å². The number of benzene rings is 1. The van der Waals surface area contributed by atoms with Crippen molar-refractivity contribution in [1.82, 2.24) is 4.98 Å². The van der Waals surface area contributed by atoms with Crippen molar-refractivity contribution in [3.8, 4) is 0 Å². The van der Waals surface area contributed by atoms with Gasteiger partial charge in [-0.15, -0.1) is 0 Å². The lowest BCUT2D eigenvalue weighted by Crippen LogP contribution is -2.00. The molecule has 7 heteroatoms. The third-order valence-corrected chi connectivity index (χ3v) is 2.97. The van der Waals surface area contributed by atoms with Crippen LogP contribution >= 0.6 is 34.8 Å². The van der Waals surface area contributed by atoms with E-state index in [1.54, 1.807) is 6.07 Å². The molecule has 0 spiro atoms. The zero-order valence-corrected chi connectivity index (χ0v) is 11.1. The largest absolute Gasteiger partial charge is 0.382 e. The van der Waals surface area contributed by atoms with E-state index >= 15 is 0 Å². The van der Waals surface area contributed by atoms with Gasteiger partial charge in [0.25, 0.3) is 0 Å². The lowest BCUT2D eigenvalue weighted by molar-refractivity contribution is 0.632. The van der Waals surface area contributed by atoms with Gasteiger partial charge in [-0.3, -0.25) is 0 Å². The summed E-state index contributed by atoms with van der Waals surface area (Å²) in [7, 11) is 0. The van der Waals surface area contributed by atoms with Crippen LogP contribution in [-0.2, 0) is 0 Å². The van der Waals surface area contributed by atoms with Gasteiger partial charge >= 0.3 is 0 Å². The van der Waals surface area contributed by atoms with E-state index in [0.717, 1.165) is 0 Å². The lowest BCUT2D eigenvalue weighted by Gasteiger charge is -2.10. The third kappa shape index (κ3) is 2.77. The topological polar surface area (TPSA) is 50.9 Å². The predicted molar refractivity (Wildman–Crippen MR) is 73.4 cm³/mol. The molecule has 0 unspecified atom stereocenters. The first-order valence-corrected chi connectivity index (χ1v) is 5.94. The fraction of sp³-hybridized carbons (Fsp3) is 0. The van der Waals surface area contributed by atoms with Crippen molar-refractivity contribution in [2.24, 2.45) is 0 Å². The van der Waals surface area contributed by atoms with E-state index in [0.29, 0.717) is 5.02 Å². The summed E-state index contributed by atoms with van der Waals surface area (Å²) in [5.41, 5.74) is 5.74. The Labute approximate surface area is 118 Å². The van der Waals surface area contributed by atoms with Gasteiger partial charge in [0.1, 0.15) is 11.6 Å². The summed E-state index contributed by atoms with van der Waals surface area (Å²) in [6, 6.07) is 5.62. The molecule has 2 rings (SSSR count). The quantitative estimate of drug-likeness (QED) is 0.858. The number of pyridine rings is 1. The molecule has 0 amide bonds. The summed E-state index contributed by atoms with van der Waals surface area (Å²) < 4.78 is 13.6. The summed E-state index contributed by atoms with van der Waals surface area (Å²) >= 11 is 17.3. The molecule has 1 aromatic carbocycles. The molecule has 0 radical (unpaired) electrons. The van der Waals surface area contributed by atoms with E-state index in [-0.39, 0.29) is 27.4 Å². The van der Waals surface area contributed by atoms with Gasteiger partial charge in [-0.1, -0.05) is 34.8 Å². The highest BCUT2D eigenvalue weighted by Crippen LogP contribution is 2.30.